The third-order valence-electron chi connectivity index (χ3n) is 4.71. The first-order valence-corrected chi connectivity index (χ1v) is 10.0. The highest BCUT2D eigenvalue weighted by Gasteiger charge is 2.54. The second kappa shape index (κ2) is 7.67. The molecule has 7 nitrogen and oxygen atoms in total. The average molecular weight is 390 g/mol. The average Bonchev–Trinajstić information content (AvgIpc) is 2.68. The topological polar surface area (TPSA) is 95.9 Å². The van der Waals surface area contributed by atoms with Gasteiger partial charge in [-0.2, -0.15) is 0 Å². The Morgan fingerprint density at radius 3 is 2.44 bits per heavy atom. The molecular weight excluding hydrogens is 368 g/mol. The number of benzene rings is 2. The van der Waals surface area contributed by atoms with Gasteiger partial charge >= 0.3 is 5.97 Å². The maximum absolute atomic E-state index is 13.2. The number of rotatable bonds is 6. The van der Waals surface area contributed by atoms with Crippen molar-refractivity contribution in [2.45, 2.75) is 16.3 Å². The van der Waals surface area contributed by atoms with Gasteiger partial charge in [0.05, 0.1) is 12.0 Å². The van der Waals surface area contributed by atoms with E-state index in [0.29, 0.717) is 18.8 Å². The van der Waals surface area contributed by atoms with Crippen molar-refractivity contribution in [1.29, 1.82) is 0 Å². The van der Waals surface area contributed by atoms with E-state index in [9.17, 15) is 18.3 Å². The second-order valence-corrected chi connectivity index (χ2v) is 8.61. The van der Waals surface area contributed by atoms with Crippen molar-refractivity contribution in [2.75, 3.05) is 26.7 Å². The van der Waals surface area contributed by atoms with Gasteiger partial charge in [0.2, 0.25) is 14.7 Å². The molecule has 0 bridgehead atoms. The summed E-state index contributed by atoms with van der Waals surface area (Å²) in [7, 11) is -2.70. The summed E-state index contributed by atoms with van der Waals surface area (Å²) in [6.07, 6.45) is 0. The number of nitrogens with one attached hydrogen (secondary N) is 1. The Bertz CT molecular complexity index is 899. The minimum absolute atomic E-state index is 0.0558. The van der Waals surface area contributed by atoms with Crippen molar-refractivity contribution >= 4 is 15.8 Å². The smallest absolute Gasteiger partial charge is 0.341 e. The number of carboxylic acids is 1. The standard InChI is InChI=1S/C19H22N2O5S/c1-26-16-7-9-17(10-8-16)27(24,25)19(18(22)23)14-21(12-11-20-19)13-15-5-3-2-4-6-15/h2-10,20H,11-14H2,1H3,(H,22,23). The van der Waals surface area contributed by atoms with Gasteiger partial charge in [0, 0.05) is 26.2 Å². The molecule has 144 valence electrons. The van der Waals surface area contributed by atoms with Crippen LogP contribution in [0.3, 0.4) is 0 Å². The van der Waals surface area contributed by atoms with Gasteiger partial charge in [0.25, 0.3) is 0 Å². The van der Waals surface area contributed by atoms with E-state index >= 15 is 0 Å². The van der Waals surface area contributed by atoms with E-state index in [4.69, 9.17) is 4.74 Å². The van der Waals surface area contributed by atoms with Crippen LogP contribution in [0.15, 0.2) is 59.5 Å². The molecule has 1 fully saturated rings. The van der Waals surface area contributed by atoms with Crippen LogP contribution in [0.4, 0.5) is 0 Å². The number of aliphatic carboxylic acids is 1. The van der Waals surface area contributed by atoms with Crippen LogP contribution >= 0.6 is 0 Å². The molecule has 27 heavy (non-hydrogen) atoms. The Balaban J connectivity index is 1.93. The molecule has 2 N–H and O–H groups in total. The maximum Gasteiger partial charge on any atom is 0.341 e. The molecule has 2 aromatic carbocycles. The molecule has 0 amide bonds. The molecule has 2 aromatic rings. The molecule has 0 aromatic heterocycles. The highest BCUT2D eigenvalue weighted by Crippen LogP contribution is 2.29. The van der Waals surface area contributed by atoms with E-state index < -0.39 is 20.7 Å². The SMILES string of the molecule is COc1ccc(S(=O)(=O)C2(C(=O)O)CN(Cc3ccccc3)CCN2)cc1. The molecule has 1 saturated heterocycles. The number of hydrogen-bond donors (Lipinski definition) is 2. The summed E-state index contributed by atoms with van der Waals surface area (Å²) in [6, 6.07) is 15.3. The van der Waals surface area contributed by atoms with Crippen molar-refractivity contribution in [2.24, 2.45) is 0 Å². The number of ether oxygens (including phenoxy) is 1. The molecular formula is C19H22N2O5S. The van der Waals surface area contributed by atoms with Crippen molar-refractivity contribution in [3.05, 3.63) is 60.2 Å². The first kappa shape index (κ1) is 19.3. The highest BCUT2D eigenvalue weighted by atomic mass is 32.2. The molecule has 1 aliphatic rings. The first-order chi connectivity index (χ1) is 12.9. The third kappa shape index (κ3) is 3.69. The predicted octanol–water partition coefficient (Wildman–Crippen LogP) is 1.36. The lowest BCUT2D eigenvalue weighted by Crippen LogP contribution is -2.68. The summed E-state index contributed by atoms with van der Waals surface area (Å²) < 4.78 is 31.5. The molecule has 8 heteroatoms. The number of nitrogens with zero attached hydrogens (tertiary/aromatic N) is 1. The lowest BCUT2D eigenvalue weighted by molar-refractivity contribution is -0.142. The Kier molecular flexibility index (Phi) is 5.50. The number of carboxylic acid groups (broad SMARTS) is 1. The molecule has 1 unspecified atom stereocenters. The fourth-order valence-electron chi connectivity index (χ4n) is 3.24. The van der Waals surface area contributed by atoms with Crippen LogP contribution in [0.2, 0.25) is 0 Å². The molecule has 0 radical (unpaired) electrons. The fourth-order valence-corrected chi connectivity index (χ4v) is 5.01. The quantitative estimate of drug-likeness (QED) is 0.769. The van der Waals surface area contributed by atoms with E-state index in [1.54, 1.807) is 0 Å². The monoisotopic (exact) mass is 390 g/mol. The first-order valence-electron chi connectivity index (χ1n) is 8.52. The Labute approximate surface area is 158 Å². The van der Waals surface area contributed by atoms with Crippen molar-refractivity contribution in [1.82, 2.24) is 10.2 Å². The van der Waals surface area contributed by atoms with E-state index in [0.717, 1.165) is 5.56 Å². The van der Waals surface area contributed by atoms with Gasteiger partial charge in [-0.3, -0.25) is 10.2 Å². The molecule has 0 aliphatic carbocycles. The van der Waals surface area contributed by atoms with Crippen LogP contribution in [0, 0.1) is 0 Å². The molecule has 1 aliphatic heterocycles. The summed E-state index contributed by atoms with van der Waals surface area (Å²) in [6.45, 7) is 1.15. The third-order valence-corrected chi connectivity index (χ3v) is 6.97. The normalized spacial score (nSPS) is 20.9. The van der Waals surface area contributed by atoms with Crippen molar-refractivity contribution in [3.63, 3.8) is 0 Å². The van der Waals surface area contributed by atoms with Crippen molar-refractivity contribution in [3.8, 4) is 5.75 Å². The summed E-state index contributed by atoms with van der Waals surface area (Å²) in [4.78, 5) is 11.8. The van der Waals surface area contributed by atoms with E-state index in [2.05, 4.69) is 5.32 Å². The van der Waals surface area contributed by atoms with Gasteiger partial charge < -0.3 is 9.84 Å². The summed E-state index contributed by atoms with van der Waals surface area (Å²) in [5.74, 6) is -0.906. The van der Waals surface area contributed by atoms with Gasteiger partial charge in [-0.05, 0) is 29.8 Å². The van der Waals surface area contributed by atoms with E-state index in [-0.39, 0.29) is 18.0 Å². The van der Waals surface area contributed by atoms with Gasteiger partial charge in [0.15, 0.2) is 0 Å². The zero-order valence-electron chi connectivity index (χ0n) is 15.0. The Morgan fingerprint density at radius 2 is 1.85 bits per heavy atom. The maximum atomic E-state index is 13.2. The van der Waals surface area contributed by atoms with Gasteiger partial charge in [0.1, 0.15) is 5.75 Å². The Hall–Kier alpha value is -2.42. The van der Waals surface area contributed by atoms with Crippen LogP contribution in [-0.4, -0.2) is 56.0 Å². The zero-order valence-corrected chi connectivity index (χ0v) is 15.8. The van der Waals surface area contributed by atoms with Crippen molar-refractivity contribution < 1.29 is 23.1 Å². The lowest BCUT2D eigenvalue weighted by Gasteiger charge is -2.40. The number of sulfone groups is 1. The molecule has 3 rings (SSSR count). The number of piperazine rings is 1. The molecule has 0 saturated carbocycles. The molecule has 0 spiro atoms. The van der Waals surface area contributed by atoms with Gasteiger partial charge in [-0.15, -0.1) is 0 Å². The van der Waals surface area contributed by atoms with Crippen LogP contribution in [0.5, 0.6) is 5.75 Å². The zero-order chi connectivity index (χ0) is 19.5. The second-order valence-electron chi connectivity index (χ2n) is 6.43. The number of hydrogen-bond acceptors (Lipinski definition) is 6. The lowest BCUT2D eigenvalue weighted by atomic mass is 10.1. The Morgan fingerprint density at radius 1 is 1.19 bits per heavy atom. The summed E-state index contributed by atoms with van der Waals surface area (Å²) >= 11 is 0. The summed E-state index contributed by atoms with van der Waals surface area (Å²) in [5, 5.41) is 12.6. The van der Waals surface area contributed by atoms with Gasteiger partial charge in [-0.1, -0.05) is 30.3 Å². The summed E-state index contributed by atoms with van der Waals surface area (Å²) in [5.41, 5.74) is 1.00. The van der Waals surface area contributed by atoms with Crippen LogP contribution in [-0.2, 0) is 21.2 Å². The minimum Gasteiger partial charge on any atom is -0.497 e. The molecule has 1 atom stereocenters. The predicted molar refractivity (Wildman–Crippen MR) is 100 cm³/mol. The van der Waals surface area contributed by atoms with Crippen LogP contribution in [0.1, 0.15) is 5.56 Å². The number of methoxy groups -OCH3 is 1. The van der Waals surface area contributed by atoms with E-state index in [1.165, 1.54) is 31.4 Å². The largest absolute Gasteiger partial charge is 0.497 e. The fraction of sp³-hybridized carbons (Fsp3) is 0.316. The minimum atomic E-state index is -4.18. The van der Waals surface area contributed by atoms with E-state index in [1.807, 2.05) is 35.2 Å². The van der Waals surface area contributed by atoms with Crippen LogP contribution in [0.25, 0.3) is 0 Å². The molecule has 1 heterocycles. The van der Waals surface area contributed by atoms with Gasteiger partial charge in [-0.25, -0.2) is 13.2 Å². The van der Waals surface area contributed by atoms with Crippen LogP contribution < -0.4 is 10.1 Å². The highest BCUT2D eigenvalue weighted by molar-refractivity contribution is 7.93. The number of carbonyl (C=O) groups is 1.